The van der Waals surface area contributed by atoms with E-state index >= 15 is 0 Å². The molecule has 8 heteroatoms. The minimum Gasteiger partial charge on any atom is -0.325 e. The van der Waals surface area contributed by atoms with Crippen molar-refractivity contribution in [3.05, 3.63) is 59.4 Å². The van der Waals surface area contributed by atoms with Crippen LogP contribution in [0, 0.1) is 11.7 Å². The lowest BCUT2D eigenvalue weighted by Crippen LogP contribution is -2.36. The maximum atomic E-state index is 14.0. The molecular formula is C19H22FN3O3S. The first kappa shape index (κ1) is 19.5. The van der Waals surface area contributed by atoms with Gasteiger partial charge in [0.05, 0.1) is 11.4 Å². The van der Waals surface area contributed by atoms with Gasteiger partial charge in [0, 0.05) is 11.7 Å². The number of anilines is 1. The SMILES string of the molecule is CC1CCc2c(F)cccc2C1NCC(=O)Nc1cccc(S(N)(=O)=O)c1. The topological polar surface area (TPSA) is 101 Å². The summed E-state index contributed by atoms with van der Waals surface area (Å²) in [7, 11) is -3.84. The molecule has 0 fully saturated rings. The zero-order valence-corrected chi connectivity index (χ0v) is 15.7. The van der Waals surface area contributed by atoms with Crippen molar-refractivity contribution in [1.29, 1.82) is 0 Å². The van der Waals surface area contributed by atoms with Crippen LogP contribution in [-0.2, 0) is 21.2 Å². The van der Waals surface area contributed by atoms with E-state index in [1.54, 1.807) is 12.1 Å². The van der Waals surface area contributed by atoms with Gasteiger partial charge in [0.2, 0.25) is 15.9 Å². The highest BCUT2D eigenvalue weighted by Crippen LogP contribution is 2.35. The Morgan fingerprint density at radius 1 is 1.26 bits per heavy atom. The molecule has 2 aromatic rings. The van der Waals surface area contributed by atoms with Crippen molar-refractivity contribution >= 4 is 21.6 Å². The summed E-state index contributed by atoms with van der Waals surface area (Å²) in [5, 5.41) is 10.9. The molecule has 3 rings (SSSR count). The Hall–Kier alpha value is -2.29. The molecule has 0 heterocycles. The number of carbonyl (C=O) groups excluding carboxylic acids is 1. The Morgan fingerprint density at radius 3 is 2.74 bits per heavy atom. The van der Waals surface area contributed by atoms with Gasteiger partial charge in [0.15, 0.2) is 0 Å². The smallest absolute Gasteiger partial charge is 0.238 e. The molecule has 4 N–H and O–H groups in total. The van der Waals surface area contributed by atoms with Gasteiger partial charge < -0.3 is 10.6 Å². The average Bonchev–Trinajstić information content (AvgIpc) is 2.60. The largest absolute Gasteiger partial charge is 0.325 e. The minimum atomic E-state index is -3.84. The summed E-state index contributed by atoms with van der Waals surface area (Å²) in [6.07, 6.45) is 1.53. The molecule has 1 aliphatic carbocycles. The number of hydrogen-bond acceptors (Lipinski definition) is 4. The second kappa shape index (κ2) is 7.75. The number of amides is 1. The fourth-order valence-electron chi connectivity index (χ4n) is 3.45. The van der Waals surface area contributed by atoms with Crippen molar-refractivity contribution in [2.24, 2.45) is 11.1 Å². The molecule has 2 aromatic carbocycles. The number of sulfonamides is 1. The second-order valence-corrected chi connectivity index (χ2v) is 8.36. The molecular weight excluding hydrogens is 369 g/mol. The Bertz CT molecular complexity index is 962. The summed E-state index contributed by atoms with van der Waals surface area (Å²) < 4.78 is 36.8. The summed E-state index contributed by atoms with van der Waals surface area (Å²) in [5.74, 6) is -0.273. The van der Waals surface area contributed by atoms with E-state index < -0.39 is 10.0 Å². The number of primary sulfonamides is 1. The summed E-state index contributed by atoms with van der Waals surface area (Å²) in [4.78, 5) is 12.2. The van der Waals surface area contributed by atoms with Crippen molar-refractivity contribution in [3.63, 3.8) is 0 Å². The van der Waals surface area contributed by atoms with Gasteiger partial charge in [0.25, 0.3) is 0 Å². The van der Waals surface area contributed by atoms with Gasteiger partial charge in [-0.15, -0.1) is 0 Å². The molecule has 0 radical (unpaired) electrons. The maximum absolute atomic E-state index is 14.0. The van der Waals surface area contributed by atoms with E-state index in [4.69, 9.17) is 5.14 Å². The molecule has 0 spiro atoms. The zero-order valence-electron chi connectivity index (χ0n) is 14.9. The molecule has 0 aromatic heterocycles. The highest BCUT2D eigenvalue weighted by atomic mass is 32.2. The fraction of sp³-hybridized carbons (Fsp3) is 0.316. The molecule has 0 bridgehead atoms. The van der Waals surface area contributed by atoms with Gasteiger partial charge in [-0.3, -0.25) is 4.79 Å². The molecule has 0 aliphatic heterocycles. The van der Waals surface area contributed by atoms with Crippen LogP contribution in [0.25, 0.3) is 0 Å². The predicted molar refractivity (Wildman–Crippen MR) is 101 cm³/mol. The van der Waals surface area contributed by atoms with Crippen LogP contribution in [0.3, 0.4) is 0 Å². The second-order valence-electron chi connectivity index (χ2n) is 6.80. The normalized spacial score (nSPS) is 19.4. The van der Waals surface area contributed by atoms with Crippen LogP contribution in [0.4, 0.5) is 10.1 Å². The maximum Gasteiger partial charge on any atom is 0.238 e. The van der Waals surface area contributed by atoms with E-state index in [1.165, 1.54) is 24.3 Å². The van der Waals surface area contributed by atoms with E-state index in [0.29, 0.717) is 17.7 Å². The molecule has 27 heavy (non-hydrogen) atoms. The molecule has 0 saturated carbocycles. The number of benzene rings is 2. The Morgan fingerprint density at radius 2 is 2.00 bits per heavy atom. The first-order valence-corrected chi connectivity index (χ1v) is 10.2. The molecule has 6 nitrogen and oxygen atoms in total. The van der Waals surface area contributed by atoms with Crippen LogP contribution >= 0.6 is 0 Å². The number of nitrogens with two attached hydrogens (primary N) is 1. The highest BCUT2D eigenvalue weighted by molar-refractivity contribution is 7.89. The summed E-state index contributed by atoms with van der Waals surface area (Å²) in [6.45, 7) is 2.09. The minimum absolute atomic E-state index is 0.0184. The highest BCUT2D eigenvalue weighted by Gasteiger charge is 2.28. The lowest BCUT2D eigenvalue weighted by molar-refractivity contribution is -0.115. The molecule has 144 valence electrons. The van der Waals surface area contributed by atoms with Crippen molar-refractivity contribution in [1.82, 2.24) is 5.32 Å². The molecule has 1 aliphatic rings. The van der Waals surface area contributed by atoms with Crippen LogP contribution in [0.5, 0.6) is 0 Å². The number of nitrogens with one attached hydrogen (secondary N) is 2. The standard InChI is InChI=1S/C19H22FN3O3S/c1-12-8-9-15-16(6-3-7-17(15)20)19(12)22-11-18(24)23-13-4-2-5-14(10-13)27(21,25)26/h2-7,10,12,19,22H,8-9,11H2,1H3,(H,23,24)(H2,21,25,26). The molecule has 2 unspecified atom stereocenters. The number of carbonyl (C=O) groups is 1. The van der Waals surface area contributed by atoms with Gasteiger partial charge in [-0.05, 0) is 54.2 Å². The third kappa shape index (κ3) is 4.52. The average molecular weight is 391 g/mol. The number of hydrogen-bond donors (Lipinski definition) is 3. The van der Waals surface area contributed by atoms with Gasteiger partial charge in [0.1, 0.15) is 5.82 Å². The van der Waals surface area contributed by atoms with Crippen LogP contribution in [0.1, 0.15) is 30.5 Å². The quantitative estimate of drug-likeness (QED) is 0.728. The van der Waals surface area contributed by atoms with Gasteiger partial charge in [-0.1, -0.05) is 25.1 Å². The van der Waals surface area contributed by atoms with Gasteiger partial charge in [-0.2, -0.15) is 0 Å². The molecule has 1 amide bonds. The third-order valence-corrected chi connectivity index (χ3v) is 5.75. The third-order valence-electron chi connectivity index (χ3n) is 4.84. The Labute approximate surface area is 158 Å². The van der Waals surface area contributed by atoms with Crippen molar-refractivity contribution in [3.8, 4) is 0 Å². The van der Waals surface area contributed by atoms with E-state index in [1.807, 2.05) is 6.07 Å². The summed E-state index contributed by atoms with van der Waals surface area (Å²) in [6, 6.07) is 10.7. The zero-order chi connectivity index (χ0) is 19.6. The van der Waals surface area contributed by atoms with Gasteiger partial charge >= 0.3 is 0 Å². The predicted octanol–water partition coefficient (Wildman–Crippen LogP) is 2.32. The van der Waals surface area contributed by atoms with Crippen LogP contribution in [0.15, 0.2) is 47.4 Å². The lowest BCUT2D eigenvalue weighted by atomic mass is 9.80. The van der Waals surface area contributed by atoms with E-state index in [2.05, 4.69) is 17.6 Å². The number of halogens is 1. The van der Waals surface area contributed by atoms with Crippen LogP contribution in [0.2, 0.25) is 0 Å². The monoisotopic (exact) mass is 391 g/mol. The first-order valence-electron chi connectivity index (χ1n) is 8.69. The van der Waals surface area contributed by atoms with Crippen LogP contribution in [-0.4, -0.2) is 20.9 Å². The fourth-order valence-corrected chi connectivity index (χ4v) is 4.00. The number of rotatable bonds is 5. The molecule has 0 saturated heterocycles. The van der Waals surface area contributed by atoms with E-state index in [0.717, 1.165) is 12.0 Å². The first-order chi connectivity index (χ1) is 12.8. The molecule has 2 atom stereocenters. The Kier molecular flexibility index (Phi) is 5.59. The Balaban J connectivity index is 1.67. The van der Waals surface area contributed by atoms with Crippen molar-refractivity contribution < 1.29 is 17.6 Å². The van der Waals surface area contributed by atoms with E-state index in [9.17, 15) is 17.6 Å². The number of fused-ring (bicyclic) bond motifs is 1. The van der Waals surface area contributed by atoms with Crippen molar-refractivity contribution in [2.75, 3.05) is 11.9 Å². The van der Waals surface area contributed by atoms with Gasteiger partial charge in [-0.25, -0.2) is 17.9 Å². The summed E-state index contributed by atoms with van der Waals surface area (Å²) >= 11 is 0. The van der Waals surface area contributed by atoms with E-state index in [-0.39, 0.29) is 35.1 Å². The van der Waals surface area contributed by atoms with Crippen molar-refractivity contribution in [2.45, 2.75) is 30.7 Å². The summed E-state index contributed by atoms with van der Waals surface area (Å²) in [5.41, 5.74) is 1.93. The lowest BCUT2D eigenvalue weighted by Gasteiger charge is -2.32. The van der Waals surface area contributed by atoms with Crippen LogP contribution < -0.4 is 15.8 Å².